The fraction of sp³-hybridized carbons (Fsp3) is 0.0161. The first kappa shape index (κ1) is 40.0. The molecule has 11 aromatic rings. The van der Waals surface area contributed by atoms with Crippen molar-refractivity contribution < 1.29 is 4.99 Å². The van der Waals surface area contributed by atoms with Crippen molar-refractivity contribution in [3.8, 4) is 67.3 Å². The molecule has 0 saturated heterocycles. The molecule has 0 fully saturated rings. The molecule has 1 aliphatic rings. The van der Waals surface area contributed by atoms with Crippen LogP contribution in [0.2, 0.25) is 0 Å². The van der Waals surface area contributed by atoms with E-state index in [-0.39, 0.29) is 6.17 Å². The first-order valence-electron chi connectivity index (χ1n) is 22.7. The summed E-state index contributed by atoms with van der Waals surface area (Å²) in [7, 11) is 0. The first-order valence-corrected chi connectivity index (χ1v) is 23.5. The minimum absolute atomic E-state index is 0.0726. The summed E-state index contributed by atoms with van der Waals surface area (Å²) in [5, 5.41) is 6.33. The van der Waals surface area contributed by atoms with Crippen molar-refractivity contribution in [1.82, 2.24) is 15.3 Å². The molecule has 4 nitrogen and oxygen atoms in total. The third-order valence-corrected chi connectivity index (χ3v) is 13.8. The number of hydrogen-bond acceptors (Lipinski definition) is 4. The van der Waals surface area contributed by atoms with Gasteiger partial charge in [0.2, 0.25) is 5.71 Å². The fourth-order valence-corrected chi connectivity index (χ4v) is 10.4. The van der Waals surface area contributed by atoms with Gasteiger partial charge in [0.25, 0.3) is 6.17 Å². The van der Waals surface area contributed by atoms with Gasteiger partial charge in [-0.25, -0.2) is 15.0 Å². The Morgan fingerprint density at radius 3 is 1.67 bits per heavy atom. The average molecular weight is 876 g/mol. The lowest BCUT2D eigenvalue weighted by Gasteiger charge is -2.20. The number of allylic oxidation sites excluding steroid dienone is 1. The Hall–Kier alpha value is -8.51. The lowest BCUT2D eigenvalue weighted by molar-refractivity contribution is -0.515. The van der Waals surface area contributed by atoms with E-state index in [4.69, 9.17) is 9.97 Å². The van der Waals surface area contributed by atoms with E-state index in [9.17, 15) is 0 Å². The molecule has 5 heteroatoms. The van der Waals surface area contributed by atoms with E-state index < -0.39 is 0 Å². The molecule has 3 heterocycles. The third kappa shape index (κ3) is 8.03. The highest BCUT2D eigenvalue weighted by Crippen LogP contribution is 2.43. The SMILES string of the molecule is C1=C(c2ccc(-c3cc(-c4ccc(-c5cc(-c6cccc(-c7ccccc7)c6)nc(-c6ccccc6)n5)cc4)cc4c3sc3ccccc34)cc2)NC(c2ccccc2)[NH+]=C1c1ccccc1. The molecule has 9 aromatic carbocycles. The van der Waals surface area contributed by atoms with Gasteiger partial charge >= 0.3 is 0 Å². The van der Waals surface area contributed by atoms with E-state index in [0.29, 0.717) is 5.82 Å². The smallest absolute Gasteiger partial charge is 0.251 e. The Morgan fingerprint density at radius 2 is 0.940 bits per heavy atom. The van der Waals surface area contributed by atoms with Crippen LogP contribution >= 0.6 is 11.3 Å². The van der Waals surface area contributed by atoms with Crippen LogP contribution in [0.25, 0.3) is 93.2 Å². The second-order valence-electron chi connectivity index (χ2n) is 16.9. The largest absolute Gasteiger partial charge is 0.323 e. The van der Waals surface area contributed by atoms with E-state index >= 15 is 0 Å². The maximum absolute atomic E-state index is 5.16. The first-order chi connectivity index (χ1) is 33.2. The Labute approximate surface area is 394 Å². The molecule has 0 aliphatic carbocycles. The zero-order chi connectivity index (χ0) is 44.5. The van der Waals surface area contributed by atoms with Crippen LogP contribution in [-0.4, -0.2) is 15.7 Å². The van der Waals surface area contributed by atoms with Crippen molar-refractivity contribution >= 4 is 42.9 Å². The van der Waals surface area contributed by atoms with Crippen molar-refractivity contribution in [3.63, 3.8) is 0 Å². The molecule has 12 rings (SSSR count). The molecule has 0 saturated carbocycles. The molecular weight excluding hydrogens is 833 g/mol. The highest BCUT2D eigenvalue weighted by molar-refractivity contribution is 7.26. The molecule has 1 unspecified atom stereocenters. The van der Waals surface area contributed by atoms with Gasteiger partial charge in [0.15, 0.2) is 5.82 Å². The molecule has 1 aliphatic heterocycles. The number of hydrogen-bond donors (Lipinski definition) is 2. The topological polar surface area (TPSA) is 51.8 Å². The Kier molecular flexibility index (Phi) is 10.4. The summed E-state index contributed by atoms with van der Waals surface area (Å²) in [6.07, 6.45) is 2.16. The van der Waals surface area contributed by atoms with E-state index in [2.05, 4.69) is 235 Å². The van der Waals surface area contributed by atoms with Gasteiger partial charge in [-0.2, -0.15) is 0 Å². The summed E-state index contributed by atoms with van der Waals surface area (Å²) in [5.74, 6) is 0.700. The molecule has 2 N–H and O–H groups in total. The summed E-state index contributed by atoms with van der Waals surface area (Å²) < 4.78 is 2.57. The number of rotatable bonds is 9. The molecule has 0 radical (unpaired) electrons. The van der Waals surface area contributed by atoms with Crippen LogP contribution in [0.15, 0.2) is 243 Å². The number of nitrogens with zero attached hydrogens (tertiary/aromatic N) is 2. The predicted octanol–water partition coefficient (Wildman–Crippen LogP) is 14.1. The van der Waals surface area contributed by atoms with Gasteiger partial charge in [-0.15, -0.1) is 11.3 Å². The summed E-state index contributed by atoms with van der Waals surface area (Å²) in [4.78, 5) is 14.0. The molecular formula is C62H43N4S+. The molecule has 2 aromatic heterocycles. The van der Waals surface area contributed by atoms with Crippen LogP contribution in [0.4, 0.5) is 0 Å². The van der Waals surface area contributed by atoms with Crippen LogP contribution in [0.5, 0.6) is 0 Å². The molecule has 67 heavy (non-hydrogen) atoms. The molecule has 0 bridgehead atoms. The number of nitrogens with one attached hydrogen (secondary N) is 2. The summed E-state index contributed by atoms with van der Waals surface area (Å²) in [6.45, 7) is 0. The Morgan fingerprint density at radius 1 is 0.388 bits per heavy atom. The van der Waals surface area contributed by atoms with Crippen LogP contribution in [0.3, 0.4) is 0 Å². The number of thiophene rings is 1. The Balaban J connectivity index is 0.912. The van der Waals surface area contributed by atoms with Gasteiger partial charge in [0, 0.05) is 59.6 Å². The number of fused-ring (bicyclic) bond motifs is 3. The van der Waals surface area contributed by atoms with E-state index in [1.165, 1.54) is 48.0 Å². The average Bonchev–Trinajstić information content (AvgIpc) is 3.80. The summed E-state index contributed by atoms with van der Waals surface area (Å²) in [6, 6.07) is 84.0. The molecule has 0 spiro atoms. The van der Waals surface area contributed by atoms with Crippen LogP contribution in [0.1, 0.15) is 22.9 Å². The van der Waals surface area contributed by atoms with Crippen molar-refractivity contribution in [1.29, 1.82) is 0 Å². The number of aromatic nitrogens is 2. The maximum atomic E-state index is 5.16. The monoisotopic (exact) mass is 875 g/mol. The second-order valence-corrected chi connectivity index (χ2v) is 18.0. The highest BCUT2D eigenvalue weighted by Gasteiger charge is 2.25. The predicted molar refractivity (Wildman–Crippen MR) is 279 cm³/mol. The lowest BCUT2D eigenvalue weighted by Crippen LogP contribution is -2.79. The van der Waals surface area contributed by atoms with Crippen molar-refractivity contribution in [3.05, 3.63) is 259 Å². The zero-order valence-corrected chi connectivity index (χ0v) is 37.3. The van der Waals surface area contributed by atoms with Crippen molar-refractivity contribution in [2.24, 2.45) is 0 Å². The normalized spacial score (nSPS) is 13.5. The van der Waals surface area contributed by atoms with E-state index in [0.717, 1.165) is 61.7 Å². The minimum Gasteiger partial charge on any atom is -0.323 e. The van der Waals surface area contributed by atoms with Crippen LogP contribution in [-0.2, 0) is 0 Å². The highest BCUT2D eigenvalue weighted by atomic mass is 32.1. The van der Waals surface area contributed by atoms with Crippen LogP contribution < -0.4 is 10.3 Å². The van der Waals surface area contributed by atoms with Crippen molar-refractivity contribution in [2.75, 3.05) is 0 Å². The quantitative estimate of drug-likeness (QED) is 0.152. The van der Waals surface area contributed by atoms with E-state index in [1.54, 1.807) is 0 Å². The molecule has 1 atom stereocenters. The second kappa shape index (κ2) is 17.5. The fourth-order valence-electron chi connectivity index (χ4n) is 9.16. The minimum atomic E-state index is -0.0726. The van der Waals surface area contributed by atoms with Gasteiger partial charge in [-0.1, -0.05) is 194 Å². The standard InChI is InChI=1S/C62H42N4S/c1-5-16-41(17-6-1)49-24-15-25-50(36-49)58-40-57(65-62(66-58)48-22-11-4-12-23-48)45-32-28-42(29-33-45)51-37-53(60-54(38-51)52-26-13-14-27-59(52)67-60)43-30-34-46(35-31-43)56-39-55(44-18-7-2-8-19-44)63-61(64-56)47-20-9-3-10-21-47/h1-40,61,64H/p+1. The Bertz CT molecular complexity index is 3620. The van der Waals surface area contributed by atoms with Gasteiger partial charge in [0.1, 0.15) is 0 Å². The molecule has 0 amide bonds. The number of benzene rings is 9. The summed E-state index contributed by atoms with van der Waals surface area (Å²) >= 11 is 1.86. The third-order valence-electron chi connectivity index (χ3n) is 12.6. The van der Waals surface area contributed by atoms with Gasteiger partial charge in [0.05, 0.1) is 17.1 Å². The van der Waals surface area contributed by atoms with Crippen molar-refractivity contribution in [2.45, 2.75) is 6.17 Å². The van der Waals surface area contributed by atoms with Crippen LogP contribution in [0, 0.1) is 0 Å². The van der Waals surface area contributed by atoms with Gasteiger partial charge in [-0.05, 0) is 75.8 Å². The molecule has 316 valence electrons. The van der Waals surface area contributed by atoms with Gasteiger partial charge in [-0.3, -0.25) is 0 Å². The zero-order valence-electron chi connectivity index (χ0n) is 36.5. The summed E-state index contributed by atoms with van der Waals surface area (Å²) in [5.41, 5.74) is 17.5. The lowest BCUT2D eigenvalue weighted by atomic mass is 9.94. The van der Waals surface area contributed by atoms with Gasteiger partial charge < -0.3 is 5.32 Å². The van der Waals surface area contributed by atoms with E-state index in [1.807, 2.05) is 29.5 Å². The maximum Gasteiger partial charge on any atom is 0.251 e.